The van der Waals surface area contributed by atoms with Crippen LogP contribution < -0.4 is 10.6 Å². The highest BCUT2D eigenvalue weighted by atomic mass is 35.5. The molecule has 2 aromatic carbocycles. The van der Waals surface area contributed by atoms with E-state index in [1.807, 2.05) is 36.4 Å². The number of hydrogen-bond acceptors (Lipinski definition) is 5. The largest absolute Gasteiger partial charge is 0.349 e. The predicted molar refractivity (Wildman–Crippen MR) is 97.7 cm³/mol. The Hall–Kier alpha value is -2.66. The fourth-order valence-electron chi connectivity index (χ4n) is 2.23. The summed E-state index contributed by atoms with van der Waals surface area (Å²) in [5.74, 6) is 1.08. The second-order valence-corrected chi connectivity index (χ2v) is 5.69. The van der Waals surface area contributed by atoms with Crippen LogP contribution in [0.15, 0.2) is 54.7 Å². The van der Waals surface area contributed by atoms with Crippen molar-refractivity contribution in [1.82, 2.24) is 15.2 Å². The zero-order chi connectivity index (χ0) is 16.8. The Morgan fingerprint density at radius 2 is 1.83 bits per heavy atom. The van der Waals surface area contributed by atoms with Gasteiger partial charge in [-0.2, -0.15) is 10.1 Å². The van der Waals surface area contributed by atoms with Gasteiger partial charge in [0, 0.05) is 17.3 Å². The predicted octanol–water partition coefficient (Wildman–Crippen LogP) is 4.44. The van der Waals surface area contributed by atoms with Gasteiger partial charge in [-0.05, 0) is 35.7 Å². The molecule has 3 rings (SSSR count). The average Bonchev–Trinajstić information content (AvgIpc) is 2.62. The van der Waals surface area contributed by atoms with Crippen LogP contribution in [-0.2, 0) is 13.0 Å². The van der Waals surface area contributed by atoms with Crippen molar-refractivity contribution in [3.05, 3.63) is 70.9 Å². The summed E-state index contributed by atoms with van der Waals surface area (Å²) in [7, 11) is 0. The molecule has 1 heterocycles. The zero-order valence-electron chi connectivity index (χ0n) is 13.3. The molecule has 0 saturated heterocycles. The van der Waals surface area contributed by atoms with Gasteiger partial charge in [0.05, 0.1) is 6.20 Å². The smallest absolute Gasteiger partial charge is 0.244 e. The Morgan fingerprint density at radius 3 is 2.58 bits per heavy atom. The number of nitrogens with zero attached hydrogens (tertiary/aromatic N) is 3. The fraction of sp³-hybridized carbons (Fsp3) is 0.167. The number of hydrogen-bond donors (Lipinski definition) is 2. The Bertz CT molecular complexity index is 805. The van der Waals surface area contributed by atoms with Crippen LogP contribution in [0.1, 0.15) is 18.1 Å². The molecule has 0 spiro atoms. The molecule has 5 nitrogen and oxygen atoms in total. The molecule has 0 amide bonds. The van der Waals surface area contributed by atoms with Gasteiger partial charge in [-0.25, -0.2) is 0 Å². The monoisotopic (exact) mass is 339 g/mol. The molecule has 0 atom stereocenters. The minimum absolute atomic E-state index is 0.449. The number of halogens is 1. The maximum absolute atomic E-state index is 6.14. The van der Waals surface area contributed by atoms with E-state index in [4.69, 9.17) is 11.6 Å². The van der Waals surface area contributed by atoms with E-state index < -0.39 is 0 Å². The highest BCUT2D eigenvalue weighted by molar-refractivity contribution is 6.31. The number of rotatable bonds is 6. The first-order chi connectivity index (χ1) is 11.7. The standard InChI is InChI=1S/C18H18ClN5/c1-2-13-7-9-15(10-8-13)22-17-12-21-24-18(23-17)20-11-14-5-3-4-6-16(14)19/h3-10,12H,2,11H2,1H3,(H2,20,22,23,24). The maximum Gasteiger partial charge on any atom is 0.244 e. The summed E-state index contributed by atoms with van der Waals surface area (Å²) in [6.45, 7) is 2.67. The summed E-state index contributed by atoms with van der Waals surface area (Å²) in [6, 6.07) is 15.9. The van der Waals surface area contributed by atoms with E-state index in [1.54, 1.807) is 6.20 Å². The fourth-order valence-corrected chi connectivity index (χ4v) is 2.43. The van der Waals surface area contributed by atoms with Gasteiger partial charge < -0.3 is 10.6 Å². The molecule has 0 aliphatic carbocycles. The van der Waals surface area contributed by atoms with E-state index in [0.717, 1.165) is 17.7 Å². The van der Waals surface area contributed by atoms with E-state index in [1.165, 1.54) is 5.56 Å². The molecule has 0 fully saturated rings. The highest BCUT2D eigenvalue weighted by Gasteiger charge is 2.03. The van der Waals surface area contributed by atoms with Crippen molar-refractivity contribution in [1.29, 1.82) is 0 Å². The highest BCUT2D eigenvalue weighted by Crippen LogP contribution is 2.17. The third-order valence-corrected chi connectivity index (χ3v) is 3.96. The van der Waals surface area contributed by atoms with Crippen molar-refractivity contribution in [2.24, 2.45) is 0 Å². The Kier molecular flexibility index (Phi) is 5.23. The molecule has 0 bridgehead atoms. The third kappa shape index (κ3) is 4.20. The van der Waals surface area contributed by atoms with Crippen molar-refractivity contribution in [3.63, 3.8) is 0 Å². The SMILES string of the molecule is CCc1ccc(Nc2cnnc(NCc3ccccc3Cl)n2)cc1. The van der Waals surface area contributed by atoms with Gasteiger partial charge in [-0.1, -0.05) is 48.9 Å². The molecule has 0 aliphatic heterocycles. The number of nitrogens with one attached hydrogen (secondary N) is 2. The van der Waals surface area contributed by atoms with Gasteiger partial charge in [0.1, 0.15) is 0 Å². The van der Waals surface area contributed by atoms with E-state index >= 15 is 0 Å². The summed E-state index contributed by atoms with van der Waals surface area (Å²) in [4.78, 5) is 4.42. The van der Waals surface area contributed by atoms with Crippen LogP contribution in [0.2, 0.25) is 5.02 Å². The van der Waals surface area contributed by atoms with E-state index in [0.29, 0.717) is 23.3 Å². The van der Waals surface area contributed by atoms with E-state index in [-0.39, 0.29) is 0 Å². The first kappa shape index (κ1) is 16.2. The second-order valence-electron chi connectivity index (χ2n) is 5.29. The van der Waals surface area contributed by atoms with Gasteiger partial charge in [-0.15, -0.1) is 5.10 Å². The van der Waals surface area contributed by atoms with Crippen LogP contribution in [0.25, 0.3) is 0 Å². The average molecular weight is 340 g/mol. The molecule has 122 valence electrons. The molecular weight excluding hydrogens is 322 g/mol. The summed E-state index contributed by atoms with van der Waals surface area (Å²) < 4.78 is 0. The number of benzene rings is 2. The van der Waals surface area contributed by atoms with Crippen molar-refractivity contribution in [2.45, 2.75) is 19.9 Å². The van der Waals surface area contributed by atoms with Crippen LogP contribution in [0.3, 0.4) is 0 Å². The Balaban J connectivity index is 1.66. The molecule has 2 N–H and O–H groups in total. The molecule has 0 saturated carbocycles. The summed E-state index contributed by atoms with van der Waals surface area (Å²) in [5, 5.41) is 15.1. The van der Waals surface area contributed by atoms with Crippen LogP contribution in [0, 0.1) is 0 Å². The van der Waals surface area contributed by atoms with Gasteiger partial charge in [0.15, 0.2) is 5.82 Å². The zero-order valence-corrected chi connectivity index (χ0v) is 14.1. The molecule has 6 heteroatoms. The van der Waals surface area contributed by atoms with Crippen molar-refractivity contribution in [2.75, 3.05) is 10.6 Å². The minimum Gasteiger partial charge on any atom is -0.349 e. The molecule has 0 unspecified atom stereocenters. The molecule has 1 aromatic heterocycles. The Labute approximate surface area is 146 Å². The quantitative estimate of drug-likeness (QED) is 0.695. The lowest BCUT2D eigenvalue weighted by molar-refractivity contribution is 0.949. The lowest BCUT2D eigenvalue weighted by atomic mass is 10.1. The first-order valence-corrected chi connectivity index (χ1v) is 8.15. The lowest BCUT2D eigenvalue weighted by Gasteiger charge is -2.09. The van der Waals surface area contributed by atoms with Crippen LogP contribution in [0.4, 0.5) is 17.5 Å². The molecular formula is C18H18ClN5. The molecule has 24 heavy (non-hydrogen) atoms. The van der Waals surface area contributed by atoms with Crippen LogP contribution in [0.5, 0.6) is 0 Å². The number of aryl methyl sites for hydroxylation is 1. The molecule has 0 radical (unpaired) electrons. The summed E-state index contributed by atoms with van der Waals surface area (Å²) >= 11 is 6.14. The minimum atomic E-state index is 0.449. The number of aromatic nitrogens is 3. The second kappa shape index (κ2) is 7.75. The van der Waals surface area contributed by atoms with Crippen LogP contribution in [-0.4, -0.2) is 15.2 Å². The Morgan fingerprint density at radius 1 is 1.04 bits per heavy atom. The van der Waals surface area contributed by atoms with E-state index in [9.17, 15) is 0 Å². The normalized spacial score (nSPS) is 10.4. The topological polar surface area (TPSA) is 62.7 Å². The van der Waals surface area contributed by atoms with Crippen LogP contribution >= 0.6 is 11.6 Å². The first-order valence-electron chi connectivity index (χ1n) is 7.77. The molecule has 0 aliphatic rings. The number of anilines is 3. The maximum atomic E-state index is 6.14. The third-order valence-electron chi connectivity index (χ3n) is 3.59. The van der Waals surface area contributed by atoms with E-state index in [2.05, 4.69) is 44.9 Å². The van der Waals surface area contributed by atoms with Gasteiger partial charge >= 0.3 is 0 Å². The van der Waals surface area contributed by atoms with Gasteiger partial charge in [-0.3, -0.25) is 0 Å². The van der Waals surface area contributed by atoms with Gasteiger partial charge in [0.2, 0.25) is 5.95 Å². The van der Waals surface area contributed by atoms with Crippen molar-refractivity contribution >= 4 is 29.1 Å². The summed E-state index contributed by atoms with van der Waals surface area (Å²) in [5.41, 5.74) is 3.24. The summed E-state index contributed by atoms with van der Waals surface area (Å²) in [6.07, 6.45) is 2.61. The van der Waals surface area contributed by atoms with Crippen molar-refractivity contribution in [3.8, 4) is 0 Å². The lowest BCUT2D eigenvalue weighted by Crippen LogP contribution is -2.06. The molecule has 3 aromatic rings. The van der Waals surface area contributed by atoms with Gasteiger partial charge in [0.25, 0.3) is 0 Å². The van der Waals surface area contributed by atoms with Crippen molar-refractivity contribution < 1.29 is 0 Å².